The summed E-state index contributed by atoms with van der Waals surface area (Å²) >= 11 is 6.08. The highest BCUT2D eigenvalue weighted by atomic mass is 35.5. The predicted molar refractivity (Wildman–Crippen MR) is 125 cm³/mol. The fourth-order valence-corrected chi connectivity index (χ4v) is 4.48. The molecule has 1 amide bonds. The van der Waals surface area contributed by atoms with Gasteiger partial charge in [-0.05, 0) is 61.4 Å². The van der Waals surface area contributed by atoms with Gasteiger partial charge >= 0.3 is 0 Å². The molecule has 2 atom stereocenters. The van der Waals surface area contributed by atoms with E-state index in [0.717, 1.165) is 29.4 Å². The normalized spacial score (nSPS) is 21.1. The highest BCUT2D eigenvalue weighted by Gasteiger charge is 2.45. The number of benzene rings is 2. The smallest absolute Gasteiger partial charge is 0.251 e. The number of hydrogen-bond acceptors (Lipinski definition) is 4. The largest absolute Gasteiger partial charge is 0.378 e. The molecule has 1 aliphatic carbocycles. The fraction of sp³-hybridized carbons (Fsp3) is 0.333. The molecule has 31 heavy (non-hydrogen) atoms. The van der Waals surface area contributed by atoms with Gasteiger partial charge in [0.25, 0.3) is 5.91 Å². The van der Waals surface area contributed by atoms with Crippen LogP contribution in [0.2, 0.25) is 5.02 Å². The number of carbonyl (C=O) groups is 2. The van der Waals surface area contributed by atoms with Gasteiger partial charge in [-0.25, -0.2) is 0 Å². The Morgan fingerprint density at radius 2 is 1.87 bits per heavy atom. The summed E-state index contributed by atoms with van der Waals surface area (Å²) in [5, 5.41) is 4.50. The minimum atomic E-state index is -1.16. The maximum absolute atomic E-state index is 13.5. The van der Waals surface area contributed by atoms with E-state index in [0.29, 0.717) is 29.1 Å². The summed E-state index contributed by atoms with van der Waals surface area (Å²) in [5.74, 6) is -0.406. The first-order valence-corrected chi connectivity index (χ1v) is 10.9. The Morgan fingerprint density at radius 3 is 2.58 bits per heavy atom. The molecule has 1 heterocycles. The summed E-state index contributed by atoms with van der Waals surface area (Å²) in [4.78, 5) is 31.5. The van der Waals surface area contributed by atoms with Crippen molar-refractivity contribution in [2.75, 3.05) is 19.0 Å². The van der Waals surface area contributed by atoms with Crippen LogP contribution >= 0.6 is 11.6 Å². The van der Waals surface area contributed by atoms with Crippen LogP contribution in [0.3, 0.4) is 0 Å². The number of ketones is 1. The molecule has 1 aromatic heterocycles. The monoisotopic (exact) mass is 438 g/mol. The zero-order chi connectivity index (χ0) is 22.2. The molecule has 4 rings (SSSR count). The lowest BCUT2D eigenvalue weighted by Gasteiger charge is -2.40. The van der Waals surface area contributed by atoms with Crippen LogP contribution in [0, 0.1) is 0 Å². The number of anilines is 1. The second-order valence-electron chi connectivity index (χ2n) is 8.50. The van der Waals surface area contributed by atoms with Gasteiger partial charge in [-0.3, -0.25) is 9.59 Å². The van der Waals surface area contributed by atoms with Crippen LogP contribution in [0.25, 0.3) is 10.9 Å². The van der Waals surface area contributed by atoms with E-state index in [9.17, 15) is 9.59 Å². The minimum absolute atomic E-state index is 0.187. The zero-order valence-corrected chi connectivity index (χ0v) is 18.5. The van der Waals surface area contributed by atoms with Crippen molar-refractivity contribution in [2.24, 2.45) is 5.73 Å². The second kappa shape index (κ2) is 8.36. The van der Waals surface area contributed by atoms with E-state index >= 15 is 0 Å². The molecule has 0 bridgehead atoms. The summed E-state index contributed by atoms with van der Waals surface area (Å²) < 4.78 is 0. The van der Waals surface area contributed by atoms with Crippen LogP contribution < -0.4 is 16.0 Å². The first-order valence-electron chi connectivity index (χ1n) is 10.5. The number of Topliss-reactive ketones (excluding diaryl/α,β-unsaturated/α-hetero) is 1. The average Bonchev–Trinajstić information content (AvgIpc) is 3.18. The first-order chi connectivity index (χ1) is 14.8. The van der Waals surface area contributed by atoms with Crippen LogP contribution in [0.5, 0.6) is 0 Å². The maximum atomic E-state index is 13.5. The molecule has 0 aliphatic heterocycles. The lowest BCUT2D eigenvalue weighted by atomic mass is 9.74. The Hall–Kier alpha value is -2.83. The molecule has 0 saturated heterocycles. The summed E-state index contributed by atoms with van der Waals surface area (Å²) in [7, 11) is 3.90. The van der Waals surface area contributed by atoms with Crippen LogP contribution in [-0.4, -0.2) is 42.4 Å². The Morgan fingerprint density at radius 1 is 1.13 bits per heavy atom. The number of carbonyl (C=O) groups excluding carboxylic acids is 2. The molecule has 3 aromatic rings. The van der Waals surface area contributed by atoms with Gasteiger partial charge in [-0.1, -0.05) is 24.4 Å². The van der Waals surface area contributed by atoms with Gasteiger partial charge in [0, 0.05) is 41.3 Å². The number of H-pyrrole nitrogens is 1. The summed E-state index contributed by atoms with van der Waals surface area (Å²) in [5.41, 5.74) is 8.37. The molecule has 1 fully saturated rings. The van der Waals surface area contributed by atoms with E-state index in [1.165, 1.54) is 0 Å². The molecular formula is C24H27ClN4O2. The number of halogens is 1. The van der Waals surface area contributed by atoms with E-state index in [4.69, 9.17) is 17.3 Å². The number of nitrogens with one attached hydrogen (secondary N) is 2. The van der Waals surface area contributed by atoms with Crippen molar-refractivity contribution in [3.8, 4) is 0 Å². The standard InChI is InChI=1S/C24H27ClN4O2/c1-29(2)18-9-6-15(7-10-18)23(31)28-21-5-3-4-12-24(21,26)22(30)20-14-16-13-17(25)8-11-19(16)27-20/h6-11,13-14,21,27H,3-5,12,26H2,1-2H3,(H,28,31). The van der Waals surface area contributed by atoms with E-state index in [2.05, 4.69) is 10.3 Å². The molecule has 1 saturated carbocycles. The summed E-state index contributed by atoms with van der Waals surface area (Å²) in [6, 6.07) is 14.1. The molecule has 2 unspecified atom stereocenters. The second-order valence-corrected chi connectivity index (χ2v) is 8.93. The third-order valence-electron chi connectivity index (χ3n) is 6.16. The van der Waals surface area contributed by atoms with Crippen molar-refractivity contribution in [3.63, 3.8) is 0 Å². The summed E-state index contributed by atoms with van der Waals surface area (Å²) in [6.07, 6.45) is 2.94. The number of aromatic amines is 1. The minimum Gasteiger partial charge on any atom is -0.378 e. The average molecular weight is 439 g/mol. The van der Waals surface area contributed by atoms with E-state index in [1.807, 2.05) is 43.3 Å². The predicted octanol–water partition coefficient (Wildman–Crippen LogP) is 4.14. The molecule has 0 spiro atoms. The number of nitrogens with zero attached hydrogens (tertiary/aromatic N) is 1. The molecule has 2 aromatic carbocycles. The molecule has 4 N–H and O–H groups in total. The Labute approximate surface area is 186 Å². The van der Waals surface area contributed by atoms with E-state index in [-0.39, 0.29) is 11.7 Å². The quantitative estimate of drug-likeness (QED) is 0.522. The van der Waals surface area contributed by atoms with Gasteiger partial charge in [0.2, 0.25) is 5.78 Å². The number of aromatic nitrogens is 1. The van der Waals surface area contributed by atoms with Gasteiger partial charge in [-0.2, -0.15) is 0 Å². The van der Waals surface area contributed by atoms with Gasteiger partial charge in [-0.15, -0.1) is 0 Å². The van der Waals surface area contributed by atoms with Crippen LogP contribution in [0.15, 0.2) is 48.5 Å². The number of rotatable bonds is 5. The first kappa shape index (κ1) is 21.4. The van der Waals surface area contributed by atoms with Crippen molar-refractivity contribution in [2.45, 2.75) is 37.3 Å². The zero-order valence-electron chi connectivity index (χ0n) is 17.7. The lowest BCUT2D eigenvalue weighted by Crippen LogP contribution is -2.64. The summed E-state index contributed by atoms with van der Waals surface area (Å²) in [6.45, 7) is 0. The van der Waals surface area contributed by atoms with Crippen LogP contribution in [0.4, 0.5) is 5.69 Å². The highest BCUT2D eigenvalue weighted by Crippen LogP contribution is 2.31. The fourth-order valence-electron chi connectivity index (χ4n) is 4.30. The number of hydrogen-bond donors (Lipinski definition) is 3. The lowest BCUT2D eigenvalue weighted by molar-refractivity contribution is 0.0755. The van der Waals surface area contributed by atoms with Gasteiger partial charge in [0.15, 0.2) is 0 Å². The van der Waals surface area contributed by atoms with Crippen molar-refractivity contribution < 1.29 is 9.59 Å². The Bertz CT molecular complexity index is 1120. The molecule has 0 radical (unpaired) electrons. The molecule has 1 aliphatic rings. The number of nitrogens with two attached hydrogens (primary N) is 1. The molecule has 162 valence electrons. The molecular weight excluding hydrogens is 412 g/mol. The Kier molecular flexibility index (Phi) is 5.77. The highest BCUT2D eigenvalue weighted by molar-refractivity contribution is 6.31. The Balaban J connectivity index is 1.57. The third-order valence-corrected chi connectivity index (χ3v) is 6.39. The van der Waals surface area contributed by atoms with Crippen LogP contribution in [0.1, 0.15) is 46.5 Å². The number of amides is 1. The van der Waals surface area contributed by atoms with Gasteiger partial charge in [0.1, 0.15) is 5.54 Å². The van der Waals surface area contributed by atoms with Gasteiger partial charge < -0.3 is 20.9 Å². The maximum Gasteiger partial charge on any atom is 0.251 e. The molecule has 7 heteroatoms. The van der Waals surface area contributed by atoms with Crippen molar-refractivity contribution in [1.82, 2.24) is 10.3 Å². The van der Waals surface area contributed by atoms with Crippen LogP contribution in [-0.2, 0) is 0 Å². The van der Waals surface area contributed by atoms with Crippen molar-refractivity contribution in [1.29, 1.82) is 0 Å². The van der Waals surface area contributed by atoms with Crippen molar-refractivity contribution in [3.05, 3.63) is 64.8 Å². The van der Waals surface area contributed by atoms with E-state index < -0.39 is 11.6 Å². The molecule has 6 nitrogen and oxygen atoms in total. The topological polar surface area (TPSA) is 91.2 Å². The SMILES string of the molecule is CN(C)c1ccc(C(=O)NC2CCCCC2(N)C(=O)c2cc3cc(Cl)ccc3[nH]2)cc1. The number of fused-ring (bicyclic) bond motifs is 1. The van der Waals surface area contributed by atoms with Crippen molar-refractivity contribution >= 4 is 39.9 Å². The van der Waals surface area contributed by atoms with Gasteiger partial charge in [0.05, 0.1) is 11.7 Å². The third kappa shape index (κ3) is 4.18. The van der Waals surface area contributed by atoms with E-state index in [1.54, 1.807) is 24.3 Å².